The Labute approximate surface area is 185 Å². The number of nitrogens with one attached hydrogen (secondary N) is 1. The number of carboxylic acid groups (broad SMARTS) is 1. The molecule has 8 nitrogen and oxygen atoms in total. The molecule has 32 heavy (non-hydrogen) atoms. The number of piperidine rings is 1. The van der Waals surface area contributed by atoms with Gasteiger partial charge < -0.3 is 25.5 Å². The summed E-state index contributed by atoms with van der Waals surface area (Å²) in [5, 5.41) is 11.8. The van der Waals surface area contributed by atoms with Crippen molar-refractivity contribution < 1.29 is 19.1 Å². The van der Waals surface area contributed by atoms with E-state index in [-0.39, 0.29) is 11.7 Å². The number of hydrogen-bond donors (Lipinski definition) is 3. The average Bonchev–Trinajstić information content (AvgIpc) is 3.34. The molecule has 0 spiro atoms. The maximum absolute atomic E-state index is 13.1. The molecule has 1 aromatic heterocycles. The molecule has 8 heteroatoms. The van der Waals surface area contributed by atoms with Gasteiger partial charge in [-0.1, -0.05) is 12.1 Å². The Kier molecular flexibility index (Phi) is 6.21. The summed E-state index contributed by atoms with van der Waals surface area (Å²) in [7, 11) is 0. The van der Waals surface area contributed by atoms with Crippen molar-refractivity contribution in [2.75, 3.05) is 23.3 Å². The van der Waals surface area contributed by atoms with Gasteiger partial charge in [-0.25, -0.2) is 4.79 Å². The van der Waals surface area contributed by atoms with Gasteiger partial charge in [-0.3, -0.25) is 4.79 Å². The first kappa shape index (κ1) is 21.2. The monoisotopic (exact) mass is 432 g/mol. The zero-order valence-corrected chi connectivity index (χ0v) is 17.5. The van der Waals surface area contributed by atoms with Gasteiger partial charge in [0.25, 0.3) is 5.91 Å². The van der Waals surface area contributed by atoms with Crippen LogP contribution in [0, 0.1) is 0 Å². The fourth-order valence-electron chi connectivity index (χ4n) is 3.82. The Morgan fingerprint density at radius 1 is 1.03 bits per heavy atom. The second-order valence-corrected chi connectivity index (χ2v) is 7.57. The number of rotatable bonds is 5. The topological polar surface area (TPSA) is 121 Å². The lowest BCUT2D eigenvalue weighted by molar-refractivity contribution is 0.102. The summed E-state index contributed by atoms with van der Waals surface area (Å²) >= 11 is 0. The Hall–Kier alpha value is -4.07. The van der Waals surface area contributed by atoms with Gasteiger partial charge in [-0.2, -0.15) is 4.99 Å². The molecule has 2 amide bonds. The Morgan fingerprint density at radius 2 is 1.84 bits per heavy atom. The maximum Gasteiger partial charge on any atom is 0.433 e. The lowest BCUT2D eigenvalue weighted by Crippen LogP contribution is -2.29. The molecular formula is C24H24N4O4. The van der Waals surface area contributed by atoms with Crippen molar-refractivity contribution >= 4 is 29.2 Å². The standard InChI is InChI=1S/C24H24N4O4/c25-22(27-24(30)31)19-10-9-16(21-8-5-13-32-21)15-20(19)26-23(29)17-6-4-7-18(14-17)28-11-2-1-3-12-28/h4-10,13-15H,1-3,11-12H2,(H2,25,27)(H,26,29)(H,30,31). The molecule has 0 unspecified atom stereocenters. The number of amidine groups is 1. The number of carbonyl (C=O) groups is 2. The third-order valence-corrected chi connectivity index (χ3v) is 5.40. The van der Waals surface area contributed by atoms with E-state index in [0.717, 1.165) is 31.6 Å². The number of anilines is 2. The van der Waals surface area contributed by atoms with E-state index in [4.69, 9.17) is 15.3 Å². The summed E-state index contributed by atoms with van der Waals surface area (Å²) in [6.45, 7) is 1.95. The highest BCUT2D eigenvalue weighted by Crippen LogP contribution is 2.27. The summed E-state index contributed by atoms with van der Waals surface area (Å²) in [4.78, 5) is 29.8. The summed E-state index contributed by atoms with van der Waals surface area (Å²) in [6, 6.07) is 16.0. The molecule has 1 saturated heterocycles. The minimum atomic E-state index is -1.41. The molecule has 0 aliphatic carbocycles. The summed E-state index contributed by atoms with van der Waals surface area (Å²) < 4.78 is 5.44. The molecule has 0 saturated carbocycles. The van der Waals surface area contributed by atoms with Crippen LogP contribution in [0.15, 0.2) is 70.3 Å². The van der Waals surface area contributed by atoms with E-state index in [9.17, 15) is 9.59 Å². The Morgan fingerprint density at radius 3 is 2.56 bits per heavy atom. The van der Waals surface area contributed by atoms with Crippen molar-refractivity contribution in [3.05, 3.63) is 72.0 Å². The average molecular weight is 432 g/mol. The quantitative estimate of drug-likeness (QED) is 0.401. The van der Waals surface area contributed by atoms with E-state index in [1.54, 1.807) is 42.7 Å². The first-order valence-corrected chi connectivity index (χ1v) is 10.4. The van der Waals surface area contributed by atoms with Gasteiger partial charge in [0, 0.05) is 35.5 Å². The van der Waals surface area contributed by atoms with Crippen LogP contribution in [0.4, 0.5) is 16.2 Å². The number of benzene rings is 2. The van der Waals surface area contributed by atoms with E-state index in [0.29, 0.717) is 28.1 Å². The Balaban J connectivity index is 1.65. The summed E-state index contributed by atoms with van der Waals surface area (Å²) in [6.07, 6.45) is 3.64. The minimum absolute atomic E-state index is 0.208. The molecule has 2 heterocycles. The highest BCUT2D eigenvalue weighted by atomic mass is 16.4. The predicted molar refractivity (Wildman–Crippen MR) is 123 cm³/mol. The lowest BCUT2D eigenvalue weighted by Gasteiger charge is -2.29. The van der Waals surface area contributed by atoms with Gasteiger partial charge in [0.05, 0.1) is 12.0 Å². The van der Waals surface area contributed by atoms with Crippen molar-refractivity contribution in [3.63, 3.8) is 0 Å². The summed E-state index contributed by atoms with van der Waals surface area (Å²) in [5.74, 6) is 0.0681. The van der Waals surface area contributed by atoms with Crippen molar-refractivity contribution in [2.45, 2.75) is 19.3 Å². The molecule has 1 aliphatic heterocycles. The third-order valence-electron chi connectivity index (χ3n) is 5.40. The third kappa shape index (κ3) is 4.80. The zero-order valence-electron chi connectivity index (χ0n) is 17.5. The normalized spacial score (nSPS) is 14.2. The van der Waals surface area contributed by atoms with Crippen molar-refractivity contribution in [1.29, 1.82) is 0 Å². The largest absolute Gasteiger partial charge is 0.464 e. The van der Waals surface area contributed by atoms with E-state index in [1.807, 2.05) is 18.2 Å². The number of aliphatic imine (C=N–C) groups is 1. The second kappa shape index (κ2) is 9.38. The SMILES string of the molecule is N/C(=N\C(=O)O)c1ccc(-c2ccco2)cc1NC(=O)c1cccc(N2CCCCC2)c1. The van der Waals surface area contributed by atoms with Crippen LogP contribution in [0.5, 0.6) is 0 Å². The van der Waals surface area contributed by atoms with Gasteiger partial charge in [-0.05, 0) is 61.7 Å². The van der Waals surface area contributed by atoms with Crippen LogP contribution in [0.1, 0.15) is 35.2 Å². The molecule has 4 rings (SSSR count). The fraction of sp³-hybridized carbons (Fsp3) is 0.208. The smallest absolute Gasteiger partial charge is 0.433 e. The zero-order chi connectivity index (χ0) is 22.5. The predicted octanol–water partition coefficient (Wildman–Crippen LogP) is 4.57. The van der Waals surface area contributed by atoms with Crippen LogP contribution in [-0.2, 0) is 0 Å². The van der Waals surface area contributed by atoms with Crippen LogP contribution in [0.25, 0.3) is 11.3 Å². The molecular weight excluding hydrogens is 408 g/mol. The number of furan rings is 1. The molecule has 2 aromatic carbocycles. The van der Waals surface area contributed by atoms with Crippen molar-refractivity contribution in [3.8, 4) is 11.3 Å². The van der Waals surface area contributed by atoms with E-state index < -0.39 is 6.09 Å². The van der Waals surface area contributed by atoms with Crippen molar-refractivity contribution in [1.82, 2.24) is 0 Å². The van der Waals surface area contributed by atoms with Gasteiger partial charge in [-0.15, -0.1) is 0 Å². The molecule has 0 atom stereocenters. The molecule has 0 bridgehead atoms. The van der Waals surface area contributed by atoms with Crippen LogP contribution in [0.3, 0.4) is 0 Å². The first-order valence-electron chi connectivity index (χ1n) is 10.4. The molecule has 0 radical (unpaired) electrons. The van der Waals surface area contributed by atoms with E-state index in [2.05, 4.69) is 15.2 Å². The van der Waals surface area contributed by atoms with E-state index >= 15 is 0 Å². The number of amides is 2. The number of hydrogen-bond acceptors (Lipinski definition) is 4. The van der Waals surface area contributed by atoms with Crippen LogP contribution < -0.4 is 16.0 Å². The number of carbonyl (C=O) groups excluding carboxylic acids is 1. The second-order valence-electron chi connectivity index (χ2n) is 7.57. The van der Waals surface area contributed by atoms with Gasteiger partial charge in [0.2, 0.25) is 0 Å². The molecule has 1 fully saturated rings. The minimum Gasteiger partial charge on any atom is -0.464 e. The molecule has 164 valence electrons. The molecule has 1 aliphatic rings. The number of nitrogens with two attached hydrogens (primary N) is 1. The highest BCUT2D eigenvalue weighted by molar-refractivity contribution is 6.12. The van der Waals surface area contributed by atoms with E-state index in [1.165, 1.54) is 6.42 Å². The fourth-order valence-corrected chi connectivity index (χ4v) is 3.82. The van der Waals surface area contributed by atoms with Crippen molar-refractivity contribution in [2.24, 2.45) is 10.7 Å². The van der Waals surface area contributed by atoms with Gasteiger partial charge in [0.1, 0.15) is 11.6 Å². The molecule has 4 N–H and O–H groups in total. The summed E-state index contributed by atoms with van der Waals surface area (Å²) in [5.41, 5.74) is 8.75. The van der Waals surface area contributed by atoms with Crippen LogP contribution in [0.2, 0.25) is 0 Å². The lowest BCUT2D eigenvalue weighted by atomic mass is 10.1. The van der Waals surface area contributed by atoms with Gasteiger partial charge in [0.15, 0.2) is 0 Å². The Bertz CT molecular complexity index is 1150. The maximum atomic E-state index is 13.1. The number of nitrogens with zero attached hydrogens (tertiary/aromatic N) is 2. The van der Waals surface area contributed by atoms with Crippen LogP contribution in [-0.4, -0.2) is 36.0 Å². The molecule has 3 aromatic rings. The highest BCUT2D eigenvalue weighted by Gasteiger charge is 2.17. The van der Waals surface area contributed by atoms with Crippen LogP contribution >= 0.6 is 0 Å². The van der Waals surface area contributed by atoms with Gasteiger partial charge >= 0.3 is 6.09 Å². The first-order chi connectivity index (χ1) is 15.5.